The zero-order valence-electron chi connectivity index (χ0n) is 6.04. The molecule has 0 saturated carbocycles. The number of anilines is 1. The summed E-state index contributed by atoms with van der Waals surface area (Å²) in [6.07, 6.45) is 0. The highest BCUT2D eigenvalue weighted by atomic mass is 35.5. The Morgan fingerprint density at radius 1 is 1.42 bits per heavy atom. The van der Waals surface area contributed by atoms with Gasteiger partial charge >= 0.3 is 0 Å². The first kappa shape index (κ1) is 8.23. The number of fused-ring (bicyclic) bond motifs is 1. The van der Waals surface area contributed by atoms with Crippen molar-refractivity contribution in [3.8, 4) is 0 Å². The number of hydrogen-bond donors (Lipinski definition) is 2. The van der Waals surface area contributed by atoms with E-state index in [0.717, 1.165) is 20.7 Å². The average Bonchev–Trinajstić information content (AvgIpc) is 2.33. The fraction of sp³-hybridized carbons (Fsp3) is 0. The molecule has 0 amide bonds. The third-order valence-corrected chi connectivity index (χ3v) is 3.45. The van der Waals surface area contributed by atoms with E-state index in [2.05, 4.69) is 12.6 Å². The van der Waals surface area contributed by atoms with Gasteiger partial charge in [-0.3, -0.25) is 0 Å². The van der Waals surface area contributed by atoms with Crippen molar-refractivity contribution < 1.29 is 0 Å². The molecule has 0 fully saturated rings. The van der Waals surface area contributed by atoms with Gasteiger partial charge in [-0.1, -0.05) is 11.6 Å². The summed E-state index contributed by atoms with van der Waals surface area (Å²) in [6.45, 7) is 0. The summed E-state index contributed by atoms with van der Waals surface area (Å²) in [5.41, 5.74) is 6.49. The summed E-state index contributed by atoms with van der Waals surface area (Å²) in [5, 5.41) is 3.66. The minimum atomic E-state index is 0.661. The predicted molar refractivity (Wildman–Crippen MR) is 58.5 cm³/mol. The molecule has 1 aromatic heterocycles. The Bertz CT molecular complexity index is 436. The molecule has 0 aliphatic rings. The van der Waals surface area contributed by atoms with Crippen LogP contribution >= 0.6 is 35.6 Å². The van der Waals surface area contributed by atoms with Crippen LogP contribution in [0.4, 0.5) is 5.69 Å². The van der Waals surface area contributed by atoms with E-state index in [1.807, 2.05) is 11.4 Å². The Labute approximate surface area is 84.6 Å². The second-order valence-electron chi connectivity index (χ2n) is 2.49. The number of rotatable bonds is 0. The summed E-state index contributed by atoms with van der Waals surface area (Å²) < 4.78 is 1.06. The van der Waals surface area contributed by atoms with Gasteiger partial charge in [0.05, 0.1) is 10.4 Å². The van der Waals surface area contributed by atoms with Gasteiger partial charge < -0.3 is 5.73 Å². The van der Waals surface area contributed by atoms with Gasteiger partial charge in [-0.2, -0.15) is 0 Å². The lowest BCUT2D eigenvalue weighted by atomic mass is 10.2. The Hall–Kier alpha value is -0.380. The smallest absolute Gasteiger partial charge is 0.0584 e. The van der Waals surface area contributed by atoms with E-state index in [0.29, 0.717) is 5.02 Å². The number of halogens is 1. The number of nitrogens with two attached hydrogens (primary N) is 1. The van der Waals surface area contributed by atoms with Crippen molar-refractivity contribution in [3.63, 3.8) is 0 Å². The van der Waals surface area contributed by atoms with E-state index in [1.54, 1.807) is 17.4 Å². The third-order valence-electron chi connectivity index (χ3n) is 1.65. The standard InChI is InChI=1S/C8H6ClNS2/c9-4-1-5-7(11)3-12-8(5)6(10)2-4/h1-3,11H,10H2. The number of thiol groups is 1. The molecule has 0 bridgehead atoms. The molecule has 0 saturated heterocycles. The number of hydrogen-bond acceptors (Lipinski definition) is 3. The molecule has 0 unspecified atom stereocenters. The predicted octanol–water partition coefficient (Wildman–Crippen LogP) is 3.43. The Morgan fingerprint density at radius 2 is 2.17 bits per heavy atom. The molecule has 1 nitrogen and oxygen atoms in total. The van der Waals surface area contributed by atoms with Crippen LogP contribution in [0.25, 0.3) is 10.1 Å². The maximum absolute atomic E-state index is 5.84. The van der Waals surface area contributed by atoms with Gasteiger partial charge in [0.25, 0.3) is 0 Å². The van der Waals surface area contributed by atoms with E-state index >= 15 is 0 Å². The monoisotopic (exact) mass is 215 g/mol. The maximum atomic E-state index is 5.84. The lowest BCUT2D eigenvalue weighted by molar-refractivity contribution is 1.67. The van der Waals surface area contributed by atoms with Crippen LogP contribution in [0, 0.1) is 0 Å². The van der Waals surface area contributed by atoms with Crippen LogP contribution < -0.4 is 5.73 Å². The van der Waals surface area contributed by atoms with Gasteiger partial charge in [0.1, 0.15) is 0 Å². The number of nitrogen functional groups attached to an aromatic ring is 1. The fourth-order valence-electron chi connectivity index (χ4n) is 1.11. The van der Waals surface area contributed by atoms with Crippen LogP contribution in [0.15, 0.2) is 22.4 Å². The zero-order valence-corrected chi connectivity index (χ0v) is 8.51. The molecule has 0 aliphatic heterocycles. The van der Waals surface area contributed by atoms with Gasteiger partial charge in [-0.05, 0) is 12.1 Å². The topological polar surface area (TPSA) is 26.0 Å². The molecule has 0 atom stereocenters. The van der Waals surface area contributed by atoms with E-state index in [4.69, 9.17) is 17.3 Å². The summed E-state index contributed by atoms with van der Waals surface area (Å²) in [5.74, 6) is 0. The zero-order chi connectivity index (χ0) is 8.72. The van der Waals surface area contributed by atoms with Crippen molar-refractivity contribution in [1.29, 1.82) is 0 Å². The van der Waals surface area contributed by atoms with E-state index < -0.39 is 0 Å². The van der Waals surface area contributed by atoms with Crippen molar-refractivity contribution in [1.82, 2.24) is 0 Å². The Balaban J connectivity index is 2.92. The lowest BCUT2D eigenvalue weighted by Crippen LogP contribution is -1.83. The summed E-state index contributed by atoms with van der Waals surface area (Å²) in [4.78, 5) is 0.934. The SMILES string of the molecule is Nc1cc(Cl)cc2c(S)csc12. The Morgan fingerprint density at radius 3 is 2.92 bits per heavy atom. The normalized spacial score (nSPS) is 10.8. The highest BCUT2D eigenvalue weighted by molar-refractivity contribution is 7.80. The van der Waals surface area contributed by atoms with Gasteiger partial charge in [0.15, 0.2) is 0 Å². The van der Waals surface area contributed by atoms with Crippen LogP contribution in [-0.2, 0) is 0 Å². The maximum Gasteiger partial charge on any atom is 0.0584 e. The fourth-order valence-corrected chi connectivity index (χ4v) is 2.60. The first-order valence-corrected chi connectivity index (χ1v) is 5.04. The van der Waals surface area contributed by atoms with E-state index in [-0.39, 0.29) is 0 Å². The molecule has 2 N–H and O–H groups in total. The summed E-state index contributed by atoms with van der Waals surface area (Å²) in [6, 6.07) is 3.64. The quantitative estimate of drug-likeness (QED) is 0.511. The molecule has 12 heavy (non-hydrogen) atoms. The lowest BCUT2D eigenvalue weighted by Gasteiger charge is -1.97. The number of thiophene rings is 1. The molecule has 2 aromatic rings. The molecule has 2 rings (SSSR count). The van der Waals surface area contributed by atoms with E-state index in [9.17, 15) is 0 Å². The second kappa shape index (κ2) is 2.83. The van der Waals surface area contributed by atoms with Gasteiger partial charge in [0, 0.05) is 20.7 Å². The van der Waals surface area contributed by atoms with Crippen molar-refractivity contribution in [3.05, 3.63) is 22.5 Å². The molecule has 62 valence electrons. The molecule has 1 aromatic carbocycles. The van der Waals surface area contributed by atoms with Gasteiger partial charge in [-0.25, -0.2) is 0 Å². The van der Waals surface area contributed by atoms with Crippen molar-refractivity contribution in [2.24, 2.45) is 0 Å². The number of benzene rings is 1. The molecule has 0 aliphatic carbocycles. The van der Waals surface area contributed by atoms with Gasteiger partial charge in [-0.15, -0.1) is 24.0 Å². The first-order valence-electron chi connectivity index (χ1n) is 3.33. The van der Waals surface area contributed by atoms with Crippen LogP contribution in [0.2, 0.25) is 5.02 Å². The average molecular weight is 216 g/mol. The highest BCUT2D eigenvalue weighted by Gasteiger charge is 2.04. The minimum Gasteiger partial charge on any atom is -0.398 e. The third kappa shape index (κ3) is 1.18. The van der Waals surface area contributed by atoms with Gasteiger partial charge in [0.2, 0.25) is 0 Å². The largest absolute Gasteiger partial charge is 0.398 e. The van der Waals surface area contributed by atoms with Crippen molar-refractivity contribution >= 4 is 51.3 Å². The summed E-state index contributed by atoms with van der Waals surface area (Å²) in [7, 11) is 0. The molecular formula is C8H6ClNS2. The van der Waals surface area contributed by atoms with Crippen molar-refractivity contribution in [2.45, 2.75) is 4.90 Å². The van der Waals surface area contributed by atoms with Crippen molar-refractivity contribution in [2.75, 3.05) is 5.73 Å². The second-order valence-corrected chi connectivity index (χ2v) is 4.29. The molecule has 1 heterocycles. The Kier molecular flexibility index (Phi) is 1.94. The summed E-state index contributed by atoms with van der Waals surface area (Å²) >= 11 is 11.7. The molecule has 0 spiro atoms. The molecular weight excluding hydrogens is 210 g/mol. The van der Waals surface area contributed by atoms with Crippen LogP contribution in [0.3, 0.4) is 0 Å². The van der Waals surface area contributed by atoms with Crippen LogP contribution in [0.1, 0.15) is 0 Å². The van der Waals surface area contributed by atoms with E-state index in [1.165, 1.54) is 0 Å². The van der Waals surface area contributed by atoms with Crippen LogP contribution in [0.5, 0.6) is 0 Å². The molecule has 0 radical (unpaired) electrons. The van der Waals surface area contributed by atoms with Crippen LogP contribution in [-0.4, -0.2) is 0 Å². The minimum absolute atomic E-state index is 0.661. The molecule has 4 heteroatoms. The first-order chi connectivity index (χ1) is 5.68. The highest BCUT2D eigenvalue weighted by Crippen LogP contribution is 2.35.